The molecular weight excluding hydrogens is 146 g/mol. The van der Waals surface area contributed by atoms with Gasteiger partial charge in [-0.2, -0.15) is 0 Å². The molecule has 0 aliphatic heterocycles. The van der Waals surface area contributed by atoms with Crippen LogP contribution in [0.3, 0.4) is 0 Å². The van der Waals surface area contributed by atoms with Gasteiger partial charge in [0.05, 0.1) is 0 Å². The Hall–Kier alpha value is 1.92. The molecule has 0 rings (SSSR count). The third-order valence-corrected chi connectivity index (χ3v) is 1.66. The van der Waals surface area contributed by atoms with Gasteiger partial charge in [-0.05, 0) is 27.7 Å². The third-order valence-electron chi connectivity index (χ3n) is 1.66. The maximum atomic E-state index is 5.69. The molecular formula is C6H18N2Na2. The quantitative estimate of drug-likeness (QED) is 0.497. The Bertz CT molecular complexity index is 68.7. The average molecular weight is 164 g/mol. The second kappa shape index (κ2) is 5.55. The number of hydrogen-bond donors (Lipinski definition) is 2. The van der Waals surface area contributed by atoms with Crippen LogP contribution in [0.4, 0.5) is 0 Å². The van der Waals surface area contributed by atoms with Crippen molar-refractivity contribution in [3.05, 3.63) is 0 Å². The Labute approximate surface area is 108 Å². The van der Waals surface area contributed by atoms with Gasteiger partial charge in [0.15, 0.2) is 0 Å². The molecule has 0 amide bonds. The molecule has 0 aliphatic carbocycles. The standard InChI is InChI=1S/C6H16N2.2Na.2H/c1-5(2,7)6(3,4)8;;;;/h7-8H2,1-4H3;;;;. The van der Waals surface area contributed by atoms with E-state index in [9.17, 15) is 0 Å². The second-order valence-electron chi connectivity index (χ2n) is 3.44. The van der Waals surface area contributed by atoms with Gasteiger partial charge in [0.1, 0.15) is 0 Å². The molecule has 0 unspecified atom stereocenters. The summed E-state index contributed by atoms with van der Waals surface area (Å²) >= 11 is 0. The van der Waals surface area contributed by atoms with Crippen LogP contribution in [0.5, 0.6) is 0 Å². The van der Waals surface area contributed by atoms with Crippen LogP contribution in [-0.2, 0) is 0 Å². The van der Waals surface area contributed by atoms with E-state index in [1.165, 1.54) is 0 Å². The van der Waals surface area contributed by atoms with E-state index >= 15 is 0 Å². The molecule has 0 aromatic rings. The fraction of sp³-hybridized carbons (Fsp3) is 1.00. The molecule has 0 aliphatic rings. The summed E-state index contributed by atoms with van der Waals surface area (Å²) in [7, 11) is 0. The first-order valence-electron chi connectivity index (χ1n) is 2.83. The first-order chi connectivity index (χ1) is 3.25. The van der Waals surface area contributed by atoms with Crippen LogP contribution in [0.15, 0.2) is 0 Å². The zero-order valence-electron chi connectivity index (χ0n) is 6.15. The number of nitrogens with two attached hydrogens (primary N) is 2. The molecule has 0 bridgehead atoms. The van der Waals surface area contributed by atoms with Crippen molar-refractivity contribution < 1.29 is 0 Å². The molecule has 4 N–H and O–H groups in total. The molecule has 4 heteroatoms. The summed E-state index contributed by atoms with van der Waals surface area (Å²) in [5.74, 6) is 0. The molecule has 0 saturated heterocycles. The number of hydrogen-bond acceptors (Lipinski definition) is 2. The van der Waals surface area contributed by atoms with Gasteiger partial charge in [0.25, 0.3) is 0 Å². The van der Waals surface area contributed by atoms with Gasteiger partial charge in [-0.15, -0.1) is 0 Å². The monoisotopic (exact) mass is 164 g/mol. The normalized spacial score (nSPS) is 11.4. The van der Waals surface area contributed by atoms with E-state index in [4.69, 9.17) is 11.5 Å². The van der Waals surface area contributed by atoms with Gasteiger partial charge >= 0.3 is 59.1 Å². The van der Waals surface area contributed by atoms with Gasteiger partial charge in [-0.25, -0.2) is 0 Å². The summed E-state index contributed by atoms with van der Waals surface area (Å²) in [6.45, 7) is 7.69. The maximum absolute atomic E-state index is 5.69. The average Bonchev–Trinajstić information content (AvgIpc) is 1.25. The van der Waals surface area contributed by atoms with Crippen LogP contribution in [0.2, 0.25) is 0 Å². The minimum absolute atomic E-state index is 0. The van der Waals surface area contributed by atoms with Crippen molar-refractivity contribution in [2.45, 2.75) is 38.8 Å². The fourth-order valence-electron chi connectivity index (χ4n) is 0. The van der Waals surface area contributed by atoms with E-state index in [1.54, 1.807) is 0 Å². The van der Waals surface area contributed by atoms with E-state index in [2.05, 4.69) is 0 Å². The first-order valence-corrected chi connectivity index (χ1v) is 2.83. The van der Waals surface area contributed by atoms with Gasteiger partial charge in [0, 0.05) is 11.1 Å². The zero-order valence-corrected chi connectivity index (χ0v) is 6.15. The van der Waals surface area contributed by atoms with Crippen LogP contribution in [-0.4, -0.2) is 70.2 Å². The molecule has 0 fully saturated rings. The van der Waals surface area contributed by atoms with Crippen molar-refractivity contribution in [1.29, 1.82) is 0 Å². The van der Waals surface area contributed by atoms with Gasteiger partial charge in [-0.3, -0.25) is 0 Å². The van der Waals surface area contributed by atoms with Gasteiger partial charge in [-0.1, -0.05) is 0 Å². The van der Waals surface area contributed by atoms with Crippen LogP contribution in [0, 0.1) is 0 Å². The van der Waals surface area contributed by atoms with Crippen molar-refractivity contribution in [3.63, 3.8) is 0 Å². The van der Waals surface area contributed by atoms with E-state index in [0.717, 1.165) is 0 Å². The summed E-state index contributed by atoms with van der Waals surface area (Å²) < 4.78 is 0. The Kier molecular flexibility index (Phi) is 9.91. The third kappa shape index (κ3) is 6.62. The van der Waals surface area contributed by atoms with Crippen LogP contribution < -0.4 is 11.5 Å². The second-order valence-corrected chi connectivity index (χ2v) is 3.44. The Morgan fingerprint density at radius 2 is 0.800 bits per heavy atom. The molecule has 10 heavy (non-hydrogen) atoms. The summed E-state index contributed by atoms with van der Waals surface area (Å²) in [6.07, 6.45) is 0. The summed E-state index contributed by atoms with van der Waals surface area (Å²) in [6, 6.07) is 0. The number of rotatable bonds is 1. The predicted octanol–water partition coefficient (Wildman–Crippen LogP) is -0.836. The molecule has 0 aromatic heterocycles. The molecule has 0 atom stereocenters. The molecule has 0 heterocycles. The summed E-state index contributed by atoms with van der Waals surface area (Å²) in [5, 5.41) is 0. The Balaban J connectivity index is -0.000000245. The van der Waals surface area contributed by atoms with Gasteiger partial charge in [0.2, 0.25) is 0 Å². The van der Waals surface area contributed by atoms with E-state index in [1.807, 2.05) is 27.7 Å². The van der Waals surface area contributed by atoms with E-state index in [0.29, 0.717) is 0 Å². The minimum atomic E-state index is -0.285. The summed E-state index contributed by atoms with van der Waals surface area (Å²) in [5.41, 5.74) is 10.8. The molecule has 54 valence electrons. The Morgan fingerprint density at radius 1 is 0.700 bits per heavy atom. The molecule has 0 saturated carbocycles. The summed E-state index contributed by atoms with van der Waals surface area (Å²) in [4.78, 5) is 0. The fourth-order valence-corrected chi connectivity index (χ4v) is 0. The molecule has 0 radical (unpaired) electrons. The van der Waals surface area contributed by atoms with Crippen LogP contribution in [0.25, 0.3) is 0 Å². The molecule has 0 spiro atoms. The molecule has 2 nitrogen and oxygen atoms in total. The predicted molar refractivity (Wildman–Crippen MR) is 50.8 cm³/mol. The van der Waals surface area contributed by atoms with Crippen LogP contribution >= 0.6 is 0 Å². The van der Waals surface area contributed by atoms with Crippen molar-refractivity contribution in [2.75, 3.05) is 0 Å². The van der Waals surface area contributed by atoms with Crippen molar-refractivity contribution >= 4 is 59.1 Å². The van der Waals surface area contributed by atoms with Gasteiger partial charge < -0.3 is 11.5 Å². The van der Waals surface area contributed by atoms with Crippen molar-refractivity contribution in [3.8, 4) is 0 Å². The first kappa shape index (κ1) is 17.9. The van der Waals surface area contributed by atoms with Crippen molar-refractivity contribution in [1.82, 2.24) is 0 Å². The van der Waals surface area contributed by atoms with Crippen LogP contribution in [0.1, 0.15) is 27.7 Å². The van der Waals surface area contributed by atoms with E-state index < -0.39 is 0 Å². The SMILES string of the molecule is CC(C)(N)C(C)(C)N.[NaH].[NaH]. The zero-order chi connectivity index (χ0) is 7.00. The van der Waals surface area contributed by atoms with E-state index in [-0.39, 0.29) is 70.2 Å². The molecule has 0 aromatic carbocycles. The van der Waals surface area contributed by atoms with Crippen molar-refractivity contribution in [2.24, 2.45) is 11.5 Å². The Morgan fingerprint density at radius 3 is 0.800 bits per heavy atom. The topological polar surface area (TPSA) is 52.0 Å².